The number of carbonyl (C=O) groups excluding carboxylic acids is 1. The van der Waals surface area contributed by atoms with Crippen LogP contribution in [0.3, 0.4) is 0 Å². The second-order valence-corrected chi connectivity index (χ2v) is 5.45. The summed E-state index contributed by atoms with van der Waals surface area (Å²) >= 11 is 0. The van der Waals surface area contributed by atoms with Crippen molar-refractivity contribution in [1.82, 2.24) is 15.1 Å². The minimum absolute atomic E-state index is 0.218. The summed E-state index contributed by atoms with van der Waals surface area (Å²) in [6.45, 7) is 5.14. The van der Waals surface area contributed by atoms with Crippen LogP contribution < -0.4 is 5.32 Å². The van der Waals surface area contributed by atoms with E-state index in [0.717, 1.165) is 23.5 Å². The van der Waals surface area contributed by atoms with Crippen LogP contribution in [-0.4, -0.2) is 15.7 Å². The number of aromatic nitrogens is 2. The molecule has 23 heavy (non-hydrogen) atoms. The van der Waals surface area contributed by atoms with Gasteiger partial charge in [0, 0.05) is 17.8 Å². The molecule has 118 valence electrons. The van der Waals surface area contributed by atoms with Crippen molar-refractivity contribution in [2.45, 2.75) is 26.9 Å². The fourth-order valence-electron chi connectivity index (χ4n) is 2.56. The lowest BCUT2D eigenvalue weighted by Crippen LogP contribution is -2.22. The van der Waals surface area contributed by atoms with E-state index in [1.54, 1.807) is 12.1 Å². The molecule has 0 bridgehead atoms. The number of aryl methyl sites for hydroxylation is 1. The van der Waals surface area contributed by atoms with E-state index in [1.807, 2.05) is 36.7 Å². The lowest BCUT2D eigenvalue weighted by atomic mass is 10.2. The Kier molecular flexibility index (Phi) is 4.28. The third kappa shape index (κ3) is 3.34. The minimum atomic E-state index is -0.218. The molecule has 0 saturated heterocycles. The molecule has 3 rings (SSSR count). The summed E-state index contributed by atoms with van der Waals surface area (Å²) in [5, 5.41) is 7.46. The summed E-state index contributed by atoms with van der Waals surface area (Å²) < 4.78 is 7.07. The van der Waals surface area contributed by atoms with Gasteiger partial charge in [-0.15, -0.1) is 0 Å². The molecular weight excluding hydrogens is 290 g/mol. The monoisotopic (exact) mass is 309 g/mol. The summed E-state index contributed by atoms with van der Waals surface area (Å²) in [7, 11) is 0. The van der Waals surface area contributed by atoms with Crippen molar-refractivity contribution >= 4 is 5.91 Å². The highest BCUT2D eigenvalue weighted by Gasteiger charge is 2.14. The zero-order valence-electron chi connectivity index (χ0n) is 13.2. The first-order chi connectivity index (χ1) is 11.1. The molecule has 2 heterocycles. The van der Waals surface area contributed by atoms with Gasteiger partial charge in [-0.2, -0.15) is 5.10 Å². The predicted octanol–water partition coefficient (Wildman–Crippen LogP) is 3.07. The number of furan rings is 1. The first kappa shape index (κ1) is 15.1. The molecule has 0 unspecified atom stereocenters. The molecule has 0 atom stereocenters. The minimum Gasteiger partial charge on any atom is -0.459 e. The third-order valence-electron chi connectivity index (χ3n) is 3.88. The van der Waals surface area contributed by atoms with Crippen LogP contribution in [0.25, 0.3) is 0 Å². The summed E-state index contributed by atoms with van der Waals surface area (Å²) in [5.41, 5.74) is 4.23. The number of hydrogen-bond donors (Lipinski definition) is 1. The molecular formula is C18H19N3O2. The van der Waals surface area contributed by atoms with Crippen LogP contribution in [0.1, 0.15) is 33.1 Å². The summed E-state index contributed by atoms with van der Waals surface area (Å²) in [6, 6.07) is 13.5. The van der Waals surface area contributed by atoms with Crippen molar-refractivity contribution in [2.75, 3.05) is 0 Å². The molecule has 1 N–H and O–H groups in total. The fourth-order valence-corrected chi connectivity index (χ4v) is 2.56. The van der Waals surface area contributed by atoms with E-state index in [1.165, 1.54) is 11.8 Å². The van der Waals surface area contributed by atoms with Crippen molar-refractivity contribution in [3.05, 3.63) is 77.0 Å². The number of amides is 1. The van der Waals surface area contributed by atoms with Crippen molar-refractivity contribution < 1.29 is 9.21 Å². The van der Waals surface area contributed by atoms with Crippen LogP contribution in [0.4, 0.5) is 0 Å². The van der Waals surface area contributed by atoms with Gasteiger partial charge in [0.2, 0.25) is 0 Å². The Bertz CT molecular complexity index is 789. The summed E-state index contributed by atoms with van der Waals surface area (Å²) in [4.78, 5) is 12.0. The fraction of sp³-hybridized carbons (Fsp3) is 0.222. The lowest BCUT2D eigenvalue weighted by Gasteiger charge is -2.06. The van der Waals surface area contributed by atoms with Gasteiger partial charge >= 0.3 is 0 Å². The second kappa shape index (κ2) is 6.52. The van der Waals surface area contributed by atoms with Crippen LogP contribution >= 0.6 is 0 Å². The number of nitrogens with zero attached hydrogens (tertiary/aromatic N) is 2. The highest BCUT2D eigenvalue weighted by molar-refractivity contribution is 5.91. The lowest BCUT2D eigenvalue weighted by molar-refractivity contribution is 0.0923. The molecule has 3 aromatic rings. The topological polar surface area (TPSA) is 60.1 Å². The standard InChI is InChI=1S/C18H19N3O2/c1-13-16(11-19-18(22)17-9-6-10-23-17)14(2)21(20-13)12-15-7-4-3-5-8-15/h3-10H,11-12H2,1-2H3,(H,19,22). The molecule has 0 aliphatic rings. The van der Waals surface area contributed by atoms with E-state index in [-0.39, 0.29) is 5.91 Å². The zero-order valence-corrected chi connectivity index (χ0v) is 13.2. The highest BCUT2D eigenvalue weighted by atomic mass is 16.3. The van der Waals surface area contributed by atoms with E-state index < -0.39 is 0 Å². The van der Waals surface area contributed by atoms with Crippen LogP contribution in [0.5, 0.6) is 0 Å². The number of carbonyl (C=O) groups is 1. The first-order valence-corrected chi connectivity index (χ1v) is 7.53. The van der Waals surface area contributed by atoms with E-state index in [4.69, 9.17) is 4.42 Å². The summed E-state index contributed by atoms with van der Waals surface area (Å²) in [5.74, 6) is 0.0987. The van der Waals surface area contributed by atoms with Gasteiger partial charge in [0.15, 0.2) is 5.76 Å². The first-order valence-electron chi connectivity index (χ1n) is 7.53. The maximum Gasteiger partial charge on any atom is 0.287 e. The predicted molar refractivity (Wildman–Crippen MR) is 87.1 cm³/mol. The smallest absolute Gasteiger partial charge is 0.287 e. The highest BCUT2D eigenvalue weighted by Crippen LogP contribution is 2.15. The van der Waals surface area contributed by atoms with Gasteiger partial charge in [-0.05, 0) is 31.5 Å². The van der Waals surface area contributed by atoms with E-state index in [0.29, 0.717) is 12.3 Å². The Morgan fingerprint density at radius 1 is 1.17 bits per heavy atom. The molecule has 0 saturated carbocycles. The van der Waals surface area contributed by atoms with E-state index >= 15 is 0 Å². The normalized spacial score (nSPS) is 10.7. The third-order valence-corrected chi connectivity index (χ3v) is 3.88. The molecule has 1 aromatic carbocycles. The SMILES string of the molecule is Cc1nn(Cc2ccccc2)c(C)c1CNC(=O)c1ccco1. The average Bonchev–Trinajstić information content (AvgIpc) is 3.17. The van der Waals surface area contributed by atoms with Gasteiger partial charge in [0.1, 0.15) is 0 Å². The zero-order chi connectivity index (χ0) is 16.2. The van der Waals surface area contributed by atoms with Crippen LogP contribution in [-0.2, 0) is 13.1 Å². The van der Waals surface area contributed by atoms with Crippen LogP contribution in [0.15, 0.2) is 53.1 Å². The molecule has 0 aliphatic heterocycles. The Hall–Kier alpha value is -2.82. The van der Waals surface area contributed by atoms with Gasteiger partial charge < -0.3 is 9.73 Å². The largest absolute Gasteiger partial charge is 0.459 e. The van der Waals surface area contributed by atoms with Gasteiger partial charge in [-0.1, -0.05) is 30.3 Å². The Morgan fingerprint density at radius 3 is 2.65 bits per heavy atom. The van der Waals surface area contributed by atoms with Crippen LogP contribution in [0.2, 0.25) is 0 Å². The van der Waals surface area contributed by atoms with Gasteiger partial charge in [0.05, 0.1) is 18.5 Å². The number of hydrogen-bond acceptors (Lipinski definition) is 3. The molecule has 5 nitrogen and oxygen atoms in total. The maximum absolute atomic E-state index is 12.0. The number of benzene rings is 1. The van der Waals surface area contributed by atoms with Gasteiger partial charge in [0.25, 0.3) is 5.91 Å². The Morgan fingerprint density at radius 2 is 1.96 bits per heavy atom. The quantitative estimate of drug-likeness (QED) is 0.788. The average molecular weight is 309 g/mol. The summed E-state index contributed by atoms with van der Waals surface area (Å²) in [6.07, 6.45) is 1.49. The second-order valence-electron chi connectivity index (χ2n) is 5.45. The van der Waals surface area contributed by atoms with Crippen molar-refractivity contribution in [3.8, 4) is 0 Å². The molecule has 0 spiro atoms. The Balaban J connectivity index is 1.72. The maximum atomic E-state index is 12.0. The molecule has 0 radical (unpaired) electrons. The molecule has 1 amide bonds. The van der Waals surface area contributed by atoms with Crippen LogP contribution in [0, 0.1) is 13.8 Å². The molecule has 0 aliphatic carbocycles. The van der Waals surface area contributed by atoms with E-state index in [2.05, 4.69) is 22.5 Å². The van der Waals surface area contributed by atoms with Gasteiger partial charge in [-0.3, -0.25) is 9.48 Å². The van der Waals surface area contributed by atoms with Crippen molar-refractivity contribution in [2.24, 2.45) is 0 Å². The van der Waals surface area contributed by atoms with Crippen molar-refractivity contribution in [1.29, 1.82) is 0 Å². The number of nitrogens with one attached hydrogen (secondary N) is 1. The molecule has 2 aromatic heterocycles. The number of rotatable bonds is 5. The van der Waals surface area contributed by atoms with Gasteiger partial charge in [-0.25, -0.2) is 0 Å². The van der Waals surface area contributed by atoms with E-state index in [9.17, 15) is 4.79 Å². The Labute approximate surface area is 134 Å². The molecule has 5 heteroatoms. The molecule has 0 fully saturated rings. The van der Waals surface area contributed by atoms with Crippen molar-refractivity contribution in [3.63, 3.8) is 0 Å².